The number of sulfonamides is 1. The summed E-state index contributed by atoms with van der Waals surface area (Å²) in [6.07, 6.45) is -0.791. The standard InChI is InChI=1S/C23H24F3N7O3S/c1-33(37(2,35)36)21-16(4-3-8-28-21)12-29-20-18(23(24,25)26)13-30-22(32-20)31-17-6-5-14-11-19(34)27-9-7-15(14)10-17/h3-6,8,10,13H,7,9,11-12H2,1-2H3,(H,27,34)(H2,29,30,31,32). The first-order valence-corrected chi connectivity index (χ1v) is 13.0. The van der Waals surface area contributed by atoms with Crippen molar-refractivity contribution in [2.24, 2.45) is 0 Å². The molecule has 14 heteroatoms. The summed E-state index contributed by atoms with van der Waals surface area (Å²) >= 11 is 0. The van der Waals surface area contributed by atoms with Gasteiger partial charge in [-0.05, 0) is 35.7 Å². The summed E-state index contributed by atoms with van der Waals surface area (Å²) in [5.41, 5.74) is 1.65. The molecule has 37 heavy (non-hydrogen) atoms. The van der Waals surface area contributed by atoms with Crippen LogP contribution in [0.15, 0.2) is 42.7 Å². The van der Waals surface area contributed by atoms with Gasteiger partial charge in [-0.1, -0.05) is 12.1 Å². The van der Waals surface area contributed by atoms with E-state index in [1.165, 1.54) is 13.2 Å². The highest BCUT2D eigenvalue weighted by Crippen LogP contribution is 2.34. The number of alkyl halides is 3. The van der Waals surface area contributed by atoms with Crippen molar-refractivity contribution in [1.29, 1.82) is 0 Å². The number of pyridine rings is 1. The normalized spacial score (nSPS) is 13.8. The van der Waals surface area contributed by atoms with Gasteiger partial charge in [0.1, 0.15) is 17.2 Å². The number of rotatable bonds is 7. The minimum atomic E-state index is -4.73. The van der Waals surface area contributed by atoms with Crippen LogP contribution in [0.1, 0.15) is 22.3 Å². The Morgan fingerprint density at radius 1 is 1.16 bits per heavy atom. The maximum absolute atomic E-state index is 13.7. The molecule has 0 bridgehead atoms. The topological polar surface area (TPSA) is 129 Å². The lowest BCUT2D eigenvalue weighted by Gasteiger charge is -2.20. The molecular weight excluding hydrogens is 511 g/mol. The van der Waals surface area contributed by atoms with E-state index in [4.69, 9.17) is 0 Å². The number of fused-ring (bicyclic) bond motifs is 1. The van der Waals surface area contributed by atoms with Crippen LogP contribution in [0.4, 0.5) is 36.4 Å². The van der Waals surface area contributed by atoms with Gasteiger partial charge < -0.3 is 16.0 Å². The zero-order valence-electron chi connectivity index (χ0n) is 19.9. The number of nitrogens with zero attached hydrogens (tertiary/aromatic N) is 4. The number of hydrogen-bond acceptors (Lipinski definition) is 8. The van der Waals surface area contributed by atoms with Crippen molar-refractivity contribution < 1.29 is 26.4 Å². The van der Waals surface area contributed by atoms with Crippen LogP contribution in [0, 0.1) is 0 Å². The fourth-order valence-electron chi connectivity index (χ4n) is 3.78. The molecule has 3 heterocycles. The van der Waals surface area contributed by atoms with E-state index in [1.54, 1.807) is 24.3 Å². The van der Waals surface area contributed by atoms with E-state index in [2.05, 4.69) is 30.9 Å². The van der Waals surface area contributed by atoms with Crippen LogP contribution in [0.2, 0.25) is 0 Å². The van der Waals surface area contributed by atoms with Gasteiger partial charge in [-0.3, -0.25) is 9.10 Å². The zero-order chi connectivity index (χ0) is 26.8. The number of nitrogens with one attached hydrogen (secondary N) is 3. The lowest BCUT2D eigenvalue weighted by atomic mass is 10.0. The Labute approximate surface area is 211 Å². The molecule has 2 aromatic heterocycles. The molecular formula is C23H24F3N7O3S. The van der Waals surface area contributed by atoms with Gasteiger partial charge >= 0.3 is 6.18 Å². The number of halogens is 3. The molecule has 1 aliphatic heterocycles. The fraction of sp³-hybridized carbons (Fsp3) is 0.304. The van der Waals surface area contributed by atoms with Crippen molar-refractivity contribution in [3.8, 4) is 0 Å². The number of amides is 1. The molecule has 0 atom stereocenters. The van der Waals surface area contributed by atoms with Crippen LogP contribution in [-0.4, -0.2) is 49.1 Å². The Morgan fingerprint density at radius 3 is 2.68 bits per heavy atom. The van der Waals surface area contributed by atoms with E-state index in [0.29, 0.717) is 30.4 Å². The van der Waals surface area contributed by atoms with Crippen LogP contribution >= 0.6 is 0 Å². The van der Waals surface area contributed by atoms with Gasteiger partial charge in [0.25, 0.3) is 0 Å². The van der Waals surface area contributed by atoms with E-state index in [-0.39, 0.29) is 30.6 Å². The molecule has 4 rings (SSSR count). The molecule has 1 amide bonds. The number of hydrogen-bond donors (Lipinski definition) is 3. The van der Waals surface area contributed by atoms with Crippen LogP contribution in [-0.2, 0) is 40.4 Å². The van der Waals surface area contributed by atoms with E-state index in [0.717, 1.165) is 21.7 Å². The van der Waals surface area contributed by atoms with E-state index < -0.39 is 27.6 Å². The summed E-state index contributed by atoms with van der Waals surface area (Å²) in [6, 6.07) is 8.41. The highest BCUT2D eigenvalue weighted by Gasteiger charge is 2.35. The minimum absolute atomic E-state index is 0.0687. The molecule has 0 aliphatic carbocycles. The minimum Gasteiger partial charge on any atom is -0.365 e. The van der Waals surface area contributed by atoms with E-state index in [1.807, 2.05) is 6.07 Å². The number of aromatic nitrogens is 3. The van der Waals surface area contributed by atoms with Gasteiger partial charge in [0.2, 0.25) is 21.9 Å². The van der Waals surface area contributed by atoms with Crippen LogP contribution in [0.3, 0.4) is 0 Å². The van der Waals surface area contributed by atoms with Crippen molar-refractivity contribution in [3.05, 3.63) is 65.0 Å². The molecule has 0 fully saturated rings. The number of carbonyl (C=O) groups excluding carboxylic acids is 1. The molecule has 3 N–H and O–H groups in total. The molecule has 0 spiro atoms. The quantitative estimate of drug-likeness (QED) is 0.421. The monoisotopic (exact) mass is 535 g/mol. The third-order valence-corrected chi connectivity index (χ3v) is 6.90. The number of anilines is 4. The predicted molar refractivity (Wildman–Crippen MR) is 132 cm³/mol. The Bertz CT molecular complexity index is 1430. The second-order valence-electron chi connectivity index (χ2n) is 8.41. The second kappa shape index (κ2) is 10.2. The van der Waals surface area contributed by atoms with Crippen molar-refractivity contribution in [2.45, 2.75) is 25.6 Å². The first-order chi connectivity index (χ1) is 17.4. The SMILES string of the molecule is CN(c1ncccc1CNc1nc(Nc2ccc3c(c2)CCNC(=O)C3)ncc1C(F)(F)F)S(C)(=O)=O. The van der Waals surface area contributed by atoms with Crippen LogP contribution in [0.25, 0.3) is 0 Å². The van der Waals surface area contributed by atoms with Gasteiger partial charge in [0.05, 0.1) is 12.7 Å². The summed E-state index contributed by atoms with van der Waals surface area (Å²) < 4.78 is 65.9. The summed E-state index contributed by atoms with van der Waals surface area (Å²) in [6.45, 7) is 0.313. The molecule has 1 aliphatic rings. The highest BCUT2D eigenvalue weighted by molar-refractivity contribution is 7.92. The van der Waals surface area contributed by atoms with Gasteiger partial charge in [0.15, 0.2) is 0 Å². The lowest BCUT2D eigenvalue weighted by molar-refractivity contribution is -0.137. The molecule has 0 radical (unpaired) electrons. The summed E-state index contributed by atoms with van der Waals surface area (Å²) in [7, 11) is -2.33. The Hall–Kier alpha value is -3.94. The third kappa shape index (κ3) is 6.25. The smallest absolute Gasteiger partial charge is 0.365 e. The summed E-state index contributed by atoms with van der Waals surface area (Å²) in [5, 5.41) is 8.37. The predicted octanol–water partition coefficient (Wildman–Crippen LogP) is 2.86. The highest BCUT2D eigenvalue weighted by atomic mass is 32.2. The van der Waals surface area contributed by atoms with Gasteiger partial charge in [-0.15, -0.1) is 0 Å². The van der Waals surface area contributed by atoms with Gasteiger partial charge in [-0.25, -0.2) is 18.4 Å². The number of carbonyl (C=O) groups is 1. The van der Waals surface area contributed by atoms with Crippen LogP contribution in [0.5, 0.6) is 0 Å². The van der Waals surface area contributed by atoms with Crippen LogP contribution < -0.4 is 20.3 Å². The molecule has 0 unspecified atom stereocenters. The summed E-state index contributed by atoms with van der Waals surface area (Å²) in [4.78, 5) is 23.7. The van der Waals surface area contributed by atoms with E-state index in [9.17, 15) is 26.4 Å². The Morgan fingerprint density at radius 2 is 1.95 bits per heavy atom. The molecule has 0 saturated carbocycles. The third-order valence-electron chi connectivity index (χ3n) is 5.73. The van der Waals surface area contributed by atoms with Crippen molar-refractivity contribution in [2.75, 3.05) is 34.8 Å². The first kappa shape index (κ1) is 26.1. The first-order valence-electron chi connectivity index (χ1n) is 11.1. The Kier molecular flexibility index (Phi) is 7.21. The molecule has 10 nitrogen and oxygen atoms in total. The molecule has 3 aromatic rings. The number of benzene rings is 1. The average molecular weight is 536 g/mol. The van der Waals surface area contributed by atoms with Crippen molar-refractivity contribution in [1.82, 2.24) is 20.3 Å². The largest absolute Gasteiger partial charge is 0.421 e. The Balaban J connectivity index is 1.60. The maximum Gasteiger partial charge on any atom is 0.421 e. The fourth-order valence-corrected chi connectivity index (χ4v) is 4.26. The molecule has 196 valence electrons. The summed E-state index contributed by atoms with van der Waals surface area (Å²) in [5.74, 6) is -0.540. The van der Waals surface area contributed by atoms with Gasteiger partial charge in [-0.2, -0.15) is 18.2 Å². The second-order valence-corrected chi connectivity index (χ2v) is 10.4. The molecule has 0 saturated heterocycles. The van der Waals surface area contributed by atoms with Crippen molar-refractivity contribution in [3.63, 3.8) is 0 Å². The van der Waals surface area contributed by atoms with E-state index >= 15 is 0 Å². The van der Waals surface area contributed by atoms with Crippen molar-refractivity contribution >= 4 is 39.2 Å². The lowest BCUT2D eigenvalue weighted by Crippen LogP contribution is -2.27. The van der Waals surface area contributed by atoms with Gasteiger partial charge in [0, 0.05) is 43.8 Å². The zero-order valence-corrected chi connectivity index (χ0v) is 20.7. The molecule has 1 aromatic carbocycles. The maximum atomic E-state index is 13.7. The average Bonchev–Trinajstić information content (AvgIpc) is 3.01.